The van der Waals surface area contributed by atoms with E-state index in [0.29, 0.717) is 10.7 Å². The van der Waals surface area contributed by atoms with Crippen LogP contribution < -0.4 is 40.2 Å². The minimum Gasteiger partial charge on any atom is -0.331 e. The summed E-state index contributed by atoms with van der Waals surface area (Å²) in [6.45, 7) is 0. The van der Waals surface area contributed by atoms with Crippen LogP contribution in [0.5, 0.6) is 0 Å². The van der Waals surface area contributed by atoms with Gasteiger partial charge in [0.1, 0.15) is 0 Å². The van der Waals surface area contributed by atoms with Crippen LogP contribution in [-0.4, -0.2) is 5.11 Å². The molecule has 0 atom stereocenters. The van der Waals surface area contributed by atoms with Gasteiger partial charge in [0.05, 0.1) is 10.7 Å². The molecule has 0 radical (unpaired) electrons. The second kappa shape index (κ2) is 7.04. The molecule has 14 heavy (non-hydrogen) atoms. The number of anilines is 1. The van der Waals surface area contributed by atoms with E-state index in [1.54, 1.807) is 18.3 Å². The second-order valence-electron chi connectivity index (χ2n) is 2.17. The Morgan fingerprint density at radius 2 is 2.07 bits per heavy atom. The van der Waals surface area contributed by atoms with Crippen molar-refractivity contribution in [2.24, 2.45) is 0 Å². The predicted molar refractivity (Wildman–Crippen MR) is 56.4 cm³/mol. The Morgan fingerprint density at radius 1 is 1.43 bits per heavy atom. The van der Waals surface area contributed by atoms with Crippen molar-refractivity contribution >= 4 is 34.6 Å². The van der Waals surface area contributed by atoms with Crippen molar-refractivity contribution < 1.29 is 29.6 Å². The van der Waals surface area contributed by atoms with Crippen molar-refractivity contribution in [1.82, 2.24) is 5.32 Å². The maximum atomic E-state index is 8.26. The number of benzene rings is 1. The maximum Gasteiger partial charge on any atom is 1.00 e. The van der Waals surface area contributed by atoms with E-state index in [1.807, 2.05) is 12.1 Å². The summed E-state index contributed by atoms with van der Waals surface area (Å²) in [5, 5.41) is 14.1. The number of para-hydroxylation sites is 1. The summed E-state index contributed by atoms with van der Waals surface area (Å²) in [5.74, 6) is 0. The average Bonchev–Trinajstić information content (AvgIpc) is 2.09. The van der Waals surface area contributed by atoms with Crippen LogP contribution in [0.1, 0.15) is 0 Å². The van der Waals surface area contributed by atoms with Gasteiger partial charge in [0.15, 0.2) is 11.3 Å². The Hall–Kier alpha value is -0.310. The minimum atomic E-state index is 0. The average molecular weight is 235 g/mol. The van der Waals surface area contributed by atoms with E-state index in [0.717, 1.165) is 0 Å². The molecule has 1 rings (SSSR count). The number of nitrogens with zero attached hydrogens (tertiary/aromatic N) is 1. The van der Waals surface area contributed by atoms with Crippen LogP contribution in [0.25, 0.3) is 0 Å². The number of rotatable bonds is 1. The van der Waals surface area contributed by atoms with Gasteiger partial charge in [-0.05, 0) is 24.4 Å². The summed E-state index contributed by atoms with van der Waals surface area (Å²) in [5.41, 5.74) is 0.678. The number of thiocarbonyl (C=S) groups is 1. The van der Waals surface area contributed by atoms with Gasteiger partial charge >= 0.3 is 29.6 Å². The van der Waals surface area contributed by atoms with E-state index in [1.165, 1.54) is 0 Å². The molecule has 66 valence electrons. The molecule has 0 aliphatic heterocycles. The molecule has 2 N–H and O–H groups in total. The Bertz CT molecular complexity index is 364. The molecule has 6 heteroatoms. The molecule has 0 amide bonds. The van der Waals surface area contributed by atoms with Crippen molar-refractivity contribution in [2.45, 2.75) is 0 Å². The zero-order chi connectivity index (χ0) is 9.68. The van der Waals surface area contributed by atoms with Crippen LogP contribution >= 0.6 is 23.8 Å². The minimum absolute atomic E-state index is 0. The van der Waals surface area contributed by atoms with E-state index < -0.39 is 0 Å². The Kier molecular flexibility index (Phi) is 6.89. The quantitative estimate of drug-likeness (QED) is 0.287. The van der Waals surface area contributed by atoms with Crippen LogP contribution in [0.2, 0.25) is 5.02 Å². The van der Waals surface area contributed by atoms with Gasteiger partial charge in [-0.25, -0.2) is 0 Å². The van der Waals surface area contributed by atoms with Crippen LogP contribution in [0.4, 0.5) is 5.69 Å². The summed E-state index contributed by atoms with van der Waals surface area (Å²) >= 11 is 10.6. The van der Waals surface area contributed by atoms with E-state index >= 15 is 0 Å². The molecule has 0 aromatic heterocycles. The summed E-state index contributed by atoms with van der Waals surface area (Å²) in [6.07, 6.45) is 1.71. The molecular formula is C8H6ClN3NaS+. The summed E-state index contributed by atoms with van der Waals surface area (Å²) < 4.78 is 0. The Morgan fingerprint density at radius 3 is 2.64 bits per heavy atom. The maximum absolute atomic E-state index is 8.26. The van der Waals surface area contributed by atoms with Gasteiger partial charge in [0.25, 0.3) is 0 Å². The normalized spacial score (nSPS) is 8.00. The van der Waals surface area contributed by atoms with Crippen molar-refractivity contribution in [3.63, 3.8) is 0 Å². The van der Waals surface area contributed by atoms with Crippen LogP contribution in [-0.2, 0) is 0 Å². The number of hydrogen-bond acceptors (Lipinski definition) is 2. The molecule has 0 aliphatic carbocycles. The second-order valence-corrected chi connectivity index (χ2v) is 2.99. The van der Waals surface area contributed by atoms with E-state index in [4.69, 9.17) is 29.1 Å². The SMILES string of the molecule is N#CNC(=S)Nc1ccccc1Cl.[Na+]. The fraction of sp³-hybridized carbons (Fsp3) is 0. The first-order valence-electron chi connectivity index (χ1n) is 3.44. The first kappa shape index (κ1) is 13.7. The first-order chi connectivity index (χ1) is 6.24. The van der Waals surface area contributed by atoms with Crippen molar-refractivity contribution in [3.05, 3.63) is 29.3 Å². The topological polar surface area (TPSA) is 47.9 Å². The van der Waals surface area contributed by atoms with Gasteiger partial charge < -0.3 is 5.32 Å². The molecule has 0 saturated carbocycles. The van der Waals surface area contributed by atoms with Crippen molar-refractivity contribution in [1.29, 1.82) is 5.26 Å². The van der Waals surface area contributed by atoms with E-state index in [-0.39, 0.29) is 34.7 Å². The molecule has 0 heterocycles. The summed E-state index contributed by atoms with van der Waals surface area (Å²) in [6, 6.07) is 7.14. The van der Waals surface area contributed by atoms with Crippen molar-refractivity contribution in [2.75, 3.05) is 5.32 Å². The molecule has 0 saturated heterocycles. The molecule has 0 fully saturated rings. The Labute approximate surface area is 115 Å². The molecule has 1 aromatic rings. The smallest absolute Gasteiger partial charge is 0.331 e. The monoisotopic (exact) mass is 234 g/mol. The molecule has 0 aliphatic rings. The van der Waals surface area contributed by atoms with Gasteiger partial charge in [-0.3, -0.25) is 5.32 Å². The fourth-order valence-electron chi connectivity index (χ4n) is 0.767. The van der Waals surface area contributed by atoms with E-state index in [2.05, 4.69) is 10.6 Å². The number of halogens is 1. The van der Waals surface area contributed by atoms with Crippen LogP contribution in [0.3, 0.4) is 0 Å². The zero-order valence-electron chi connectivity index (χ0n) is 7.54. The molecule has 0 unspecified atom stereocenters. The van der Waals surface area contributed by atoms with Crippen molar-refractivity contribution in [3.8, 4) is 6.19 Å². The van der Waals surface area contributed by atoms with Gasteiger partial charge in [-0.2, -0.15) is 5.26 Å². The molecule has 1 aromatic carbocycles. The third kappa shape index (κ3) is 4.27. The standard InChI is InChI=1S/C8H6ClN3S.Na/c9-6-3-1-2-4-7(6)12-8(13)11-5-10;/h1-4H,(H2,11,12,13);/q;+1. The number of hydrogen-bond donors (Lipinski definition) is 2. The third-order valence-corrected chi connectivity index (χ3v) is 1.83. The van der Waals surface area contributed by atoms with Gasteiger partial charge in [0, 0.05) is 0 Å². The zero-order valence-corrected chi connectivity index (χ0v) is 11.1. The van der Waals surface area contributed by atoms with E-state index in [9.17, 15) is 0 Å². The number of nitrogens with one attached hydrogen (secondary N) is 2. The summed E-state index contributed by atoms with van der Waals surface area (Å²) in [4.78, 5) is 0. The van der Waals surface area contributed by atoms with Gasteiger partial charge in [-0.1, -0.05) is 23.7 Å². The predicted octanol–water partition coefficient (Wildman–Crippen LogP) is -0.889. The van der Waals surface area contributed by atoms with Gasteiger partial charge in [0.2, 0.25) is 0 Å². The fourth-order valence-corrected chi connectivity index (χ4v) is 1.11. The van der Waals surface area contributed by atoms with Crippen LogP contribution in [0.15, 0.2) is 24.3 Å². The third-order valence-electron chi connectivity index (χ3n) is 1.29. The molecule has 0 spiro atoms. The Balaban J connectivity index is 0.00000169. The largest absolute Gasteiger partial charge is 1.00 e. The van der Waals surface area contributed by atoms with Gasteiger partial charge in [-0.15, -0.1) is 0 Å². The van der Waals surface area contributed by atoms with Crippen LogP contribution in [0, 0.1) is 11.5 Å². The summed E-state index contributed by atoms with van der Waals surface area (Å²) in [7, 11) is 0. The first-order valence-corrected chi connectivity index (χ1v) is 4.23. The molecular weight excluding hydrogens is 229 g/mol. The number of nitriles is 1. The molecule has 3 nitrogen and oxygen atoms in total. The molecule has 0 bridgehead atoms.